The first kappa shape index (κ1) is 13.5. The van der Waals surface area contributed by atoms with E-state index >= 15 is 0 Å². The lowest BCUT2D eigenvalue weighted by molar-refractivity contribution is 0.557. The number of thiazole rings is 1. The summed E-state index contributed by atoms with van der Waals surface area (Å²) in [4.78, 5) is 5.41. The van der Waals surface area contributed by atoms with Gasteiger partial charge in [0.2, 0.25) is 0 Å². The average molecular weight is 282 g/mol. The Morgan fingerprint density at radius 1 is 1.44 bits per heavy atom. The van der Waals surface area contributed by atoms with E-state index in [4.69, 9.17) is 17.4 Å². The number of nitrogens with zero attached hydrogens (tertiary/aromatic N) is 1. The fraction of sp³-hybridized carbons (Fsp3) is 0.308. The second-order valence-electron chi connectivity index (χ2n) is 4.32. The summed E-state index contributed by atoms with van der Waals surface area (Å²) in [6.07, 6.45) is 0.763. The molecule has 1 atom stereocenters. The maximum absolute atomic E-state index is 6.25. The monoisotopic (exact) mass is 281 g/mol. The average Bonchev–Trinajstić information content (AvgIpc) is 2.75. The summed E-state index contributed by atoms with van der Waals surface area (Å²) >= 11 is 7.86. The summed E-state index contributed by atoms with van der Waals surface area (Å²) in [6, 6.07) is 6.15. The van der Waals surface area contributed by atoms with Crippen molar-refractivity contribution < 1.29 is 0 Å². The normalized spacial score (nSPS) is 12.7. The quantitative estimate of drug-likeness (QED) is 0.669. The highest BCUT2D eigenvalue weighted by Crippen LogP contribution is 2.27. The van der Waals surface area contributed by atoms with Crippen LogP contribution in [0.3, 0.4) is 0 Å². The number of hydrazine groups is 1. The molecule has 1 unspecified atom stereocenters. The molecule has 0 saturated heterocycles. The Labute approximate surface area is 116 Å². The summed E-state index contributed by atoms with van der Waals surface area (Å²) in [5.41, 5.74) is 7.96. The van der Waals surface area contributed by atoms with Gasteiger partial charge >= 0.3 is 0 Å². The van der Waals surface area contributed by atoms with Gasteiger partial charge < -0.3 is 0 Å². The molecule has 0 radical (unpaired) electrons. The van der Waals surface area contributed by atoms with Crippen molar-refractivity contribution in [3.63, 3.8) is 0 Å². The third kappa shape index (κ3) is 2.90. The highest BCUT2D eigenvalue weighted by molar-refractivity contribution is 7.09. The molecule has 0 aliphatic rings. The molecule has 2 aromatic rings. The Balaban J connectivity index is 2.23. The molecule has 2 rings (SSSR count). The molecule has 18 heavy (non-hydrogen) atoms. The topological polar surface area (TPSA) is 50.9 Å². The number of aromatic nitrogens is 1. The molecule has 1 aromatic heterocycles. The molecule has 1 heterocycles. The van der Waals surface area contributed by atoms with Gasteiger partial charge in [-0.05, 0) is 37.5 Å². The second-order valence-corrected chi connectivity index (χ2v) is 5.61. The number of rotatable bonds is 4. The summed E-state index contributed by atoms with van der Waals surface area (Å²) in [7, 11) is 0. The Bertz CT molecular complexity index is 539. The Morgan fingerprint density at radius 2 is 2.22 bits per heavy atom. The van der Waals surface area contributed by atoms with Crippen LogP contribution >= 0.6 is 22.9 Å². The molecule has 1 aromatic carbocycles. The van der Waals surface area contributed by atoms with Crippen LogP contribution < -0.4 is 11.3 Å². The van der Waals surface area contributed by atoms with Crippen LogP contribution in [0.1, 0.15) is 27.7 Å². The lowest BCUT2D eigenvalue weighted by atomic mass is 10.0. The van der Waals surface area contributed by atoms with Gasteiger partial charge in [-0.25, -0.2) is 4.98 Å². The van der Waals surface area contributed by atoms with Crippen molar-refractivity contribution >= 4 is 22.9 Å². The van der Waals surface area contributed by atoms with Crippen LogP contribution in [-0.4, -0.2) is 4.98 Å². The molecule has 0 aliphatic heterocycles. The highest BCUT2D eigenvalue weighted by Gasteiger charge is 2.16. The van der Waals surface area contributed by atoms with E-state index in [9.17, 15) is 0 Å². The van der Waals surface area contributed by atoms with Gasteiger partial charge in [-0.2, -0.15) is 0 Å². The molecule has 0 saturated carbocycles. The van der Waals surface area contributed by atoms with Crippen molar-refractivity contribution in [2.24, 2.45) is 5.84 Å². The fourth-order valence-electron chi connectivity index (χ4n) is 1.91. The molecule has 96 valence electrons. The number of halogens is 1. The van der Waals surface area contributed by atoms with E-state index in [0.29, 0.717) is 0 Å². The van der Waals surface area contributed by atoms with Gasteiger partial charge in [0, 0.05) is 9.90 Å². The third-order valence-electron chi connectivity index (χ3n) is 2.93. The molecular weight excluding hydrogens is 266 g/mol. The predicted octanol–water partition coefficient (Wildman–Crippen LogP) is 3.16. The molecule has 3 N–H and O–H groups in total. The van der Waals surface area contributed by atoms with Crippen LogP contribution in [-0.2, 0) is 6.42 Å². The van der Waals surface area contributed by atoms with Gasteiger partial charge in [0.25, 0.3) is 0 Å². The summed E-state index contributed by atoms with van der Waals surface area (Å²) in [5.74, 6) is 5.65. The zero-order valence-corrected chi connectivity index (χ0v) is 12.0. The Kier molecular flexibility index (Phi) is 4.35. The number of hydrogen-bond acceptors (Lipinski definition) is 4. The van der Waals surface area contributed by atoms with E-state index in [-0.39, 0.29) is 6.04 Å². The largest absolute Gasteiger partial charge is 0.271 e. The van der Waals surface area contributed by atoms with Crippen LogP contribution in [0.15, 0.2) is 23.7 Å². The van der Waals surface area contributed by atoms with Gasteiger partial charge in [-0.15, -0.1) is 11.3 Å². The minimum absolute atomic E-state index is 0.0534. The van der Waals surface area contributed by atoms with E-state index in [1.165, 1.54) is 0 Å². The molecule has 3 nitrogen and oxygen atoms in total. The lowest BCUT2D eigenvalue weighted by Crippen LogP contribution is -2.29. The van der Waals surface area contributed by atoms with Crippen molar-refractivity contribution in [3.05, 3.63) is 50.4 Å². The molecule has 0 spiro atoms. The summed E-state index contributed by atoms with van der Waals surface area (Å²) in [5, 5.41) is 0.789. The second kappa shape index (κ2) is 5.80. The van der Waals surface area contributed by atoms with E-state index < -0.39 is 0 Å². The zero-order chi connectivity index (χ0) is 13.1. The molecular formula is C13H16ClN3S. The first-order chi connectivity index (χ1) is 8.61. The van der Waals surface area contributed by atoms with Crippen molar-refractivity contribution in [3.8, 4) is 0 Å². The molecule has 0 bridgehead atoms. The maximum atomic E-state index is 6.25. The molecule has 0 amide bonds. The first-order valence-electron chi connectivity index (χ1n) is 5.73. The van der Waals surface area contributed by atoms with Crippen LogP contribution in [0.5, 0.6) is 0 Å². The zero-order valence-electron chi connectivity index (χ0n) is 10.4. The maximum Gasteiger partial charge on any atom is 0.0798 e. The lowest BCUT2D eigenvalue weighted by Gasteiger charge is -2.16. The van der Waals surface area contributed by atoms with Crippen molar-refractivity contribution in [2.45, 2.75) is 26.3 Å². The third-order valence-corrected chi connectivity index (χ3v) is 4.33. The minimum atomic E-state index is 0.0534. The predicted molar refractivity (Wildman–Crippen MR) is 76.8 cm³/mol. The van der Waals surface area contributed by atoms with Crippen molar-refractivity contribution in [2.75, 3.05) is 0 Å². The molecule has 0 fully saturated rings. The standard InChI is InChI=1S/C13H16ClN3S/c1-8-3-4-10(11(14)5-8)6-12(17-15)13-9(2)16-7-18-13/h3-5,7,12,17H,6,15H2,1-2H3. The molecule has 5 heteroatoms. The molecule has 0 aliphatic carbocycles. The van der Waals surface area contributed by atoms with Gasteiger partial charge in [-0.3, -0.25) is 11.3 Å². The number of hydrogen-bond donors (Lipinski definition) is 2. The van der Waals surface area contributed by atoms with Crippen LogP contribution in [0.4, 0.5) is 0 Å². The SMILES string of the molecule is Cc1ccc(CC(NN)c2scnc2C)c(Cl)c1. The summed E-state index contributed by atoms with van der Waals surface area (Å²) < 4.78 is 0. The Hall–Kier alpha value is -0.940. The number of nitrogens with one attached hydrogen (secondary N) is 1. The number of aryl methyl sites for hydroxylation is 2. The van der Waals surface area contributed by atoms with Crippen LogP contribution in [0.25, 0.3) is 0 Å². The van der Waals surface area contributed by atoms with Gasteiger partial charge in [-0.1, -0.05) is 23.7 Å². The van der Waals surface area contributed by atoms with Gasteiger partial charge in [0.05, 0.1) is 17.2 Å². The number of nitrogens with two attached hydrogens (primary N) is 1. The van der Waals surface area contributed by atoms with E-state index in [1.807, 2.05) is 25.4 Å². The summed E-state index contributed by atoms with van der Waals surface area (Å²) in [6.45, 7) is 4.02. The van der Waals surface area contributed by atoms with Crippen LogP contribution in [0.2, 0.25) is 5.02 Å². The van der Waals surface area contributed by atoms with Gasteiger partial charge in [0.15, 0.2) is 0 Å². The Morgan fingerprint density at radius 3 is 2.78 bits per heavy atom. The van der Waals surface area contributed by atoms with E-state index in [1.54, 1.807) is 11.3 Å². The smallest absolute Gasteiger partial charge is 0.0798 e. The van der Waals surface area contributed by atoms with E-state index in [2.05, 4.69) is 22.5 Å². The van der Waals surface area contributed by atoms with Crippen LogP contribution in [0, 0.1) is 13.8 Å². The first-order valence-corrected chi connectivity index (χ1v) is 6.98. The minimum Gasteiger partial charge on any atom is -0.271 e. The fourth-order valence-corrected chi connectivity index (χ4v) is 3.09. The van der Waals surface area contributed by atoms with Gasteiger partial charge in [0.1, 0.15) is 0 Å². The highest BCUT2D eigenvalue weighted by atomic mass is 35.5. The van der Waals surface area contributed by atoms with Crippen molar-refractivity contribution in [1.82, 2.24) is 10.4 Å². The number of benzene rings is 1. The van der Waals surface area contributed by atoms with E-state index in [0.717, 1.165) is 33.1 Å². The van der Waals surface area contributed by atoms with Crippen molar-refractivity contribution in [1.29, 1.82) is 0 Å².